The Morgan fingerprint density at radius 1 is 1.29 bits per heavy atom. The summed E-state index contributed by atoms with van der Waals surface area (Å²) in [5.41, 5.74) is 3.06. The number of aromatic nitrogens is 5. The molecule has 0 radical (unpaired) electrons. The Labute approximate surface area is 81.8 Å². The minimum Gasteiger partial charge on any atom is -0.252 e. The lowest BCUT2D eigenvalue weighted by Crippen LogP contribution is -1.98. The number of nitrogens with zero attached hydrogens (tertiary/aromatic N) is 5. The molecular weight excluding hydrogens is 178 g/mol. The van der Waals surface area contributed by atoms with Crippen LogP contribution in [0.1, 0.15) is 11.1 Å². The second-order valence-electron chi connectivity index (χ2n) is 3.30. The highest BCUT2D eigenvalue weighted by atomic mass is 15.5. The summed E-state index contributed by atoms with van der Waals surface area (Å²) < 4.78 is 1.62. The molecular formula is C9H11N5. The molecule has 0 aliphatic carbocycles. The molecule has 5 heteroatoms. The summed E-state index contributed by atoms with van der Waals surface area (Å²) in [6, 6.07) is 2.07. The van der Waals surface area contributed by atoms with Crippen molar-refractivity contribution in [3.05, 3.63) is 23.4 Å². The molecule has 0 amide bonds. The smallest absolute Gasteiger partial charge is 0.200 e. The van der Waals surface area contributed by atoms with Gasteiger partial charge in [0, 0.05) is 13.2 Å². The number of rotatable bonds is 1. The zero-order valence-corrected chi connectivity index (χ0v) is 8.39. The van der Waals surface area contributed by atoms with Gasteiger partial charge in [-0.2, -0.15) is 0 Å². The molecule has 0 bridgehead atoms. The van der Waals surface area contributed by atoms with E-state index in [0.717, 1.165) is 16.8 Å². The average molecular weight is 189 g/mol. The summed E-state index contributed by atoms with van der Waals surface area (Å²) in [6.07, 6.45) is 1.82. The first-order chi connectivity index (χ1) is 6.68. The van der Waals surface area contributed by atoms with Crippen molar-refractivity contribution in [1.82, 2.24) is 25.2 Å². The van der Waals surface area contributed by atoms with Gasteiger partial charge in [0.25, 0.3) is 0 Å². The highest BCUT2D eigenvalue weighted by Crippen LogP contribution is 2.17. The summed E-state index contributed by atoms with van der Waals surface area (Å²) in [4.78, 5) is 4.32. The van der Waals surface area contributed by atoms with Crippen LogP contribution in [0.4, 0.5) is 0 Å². The fourth-order valence-electron chi connectivity index (χ4n) is 1.38. The van der Waals surface area contributed by atoms with Crippen LogP contribution in [0.15, 0.2) is 12.3 Å². The van der Waals surface area contributed by atoms with Crippen molar-refractivity contribution in [2.45, 2.75) is 13.8 Å². The van der Waals surface area contributed by atoms with Gasteiger partial charge >= 0.3 is 0 Å². The van der Waals surface area contributed by atoms with E-state index >= 15 is 0 Å². The molecule has 2 rings (SSSR count). The molecule has 0 atom stereocenters. The highest BCUT2D eigenvalue weighted by Gasteiger charge is 2.09. The maximum Gasteiger partial charge on any atom is 0.200 e. The maximum atomic E-state index is 4.32. The van der Waals surface area contributed by atoms with Crippen LogP contribution in [0, 0.1) is 13.8 Å². The number of tetrazole rings is 1. The number of aryl methyl sites for hydroxylation is 3. The van der Waals surface area contributed by atoms with Gasteiger partial charge in [-0.15, -0.1) is 5.10 Å². The van der Waals surface area contributed by atoms with E-state index in [0.29, 0.717) is 5.82 Å². The fraction of sp³-hybridized carbons (Fsp3) is 0.333. The topological polar surface area (TPSA) is 56.5 Å². The molecule has 0 fully saturated rings. The molecule has 0 spiro atoms. The monoisotopic (exact) mass is 189 g/mol. The molecule has 2 aromatic heterocycles. The third kappa shape index (κ3) is 1.37. The SMILES string of the molecule is Cc1cnc(-c2nnnn2C)c(C)c1. The van der Waals surface area contributed by atoms with Crippen molar-refractivity contribution in [2.24, 2.45) is 7.05 Å². The molecule has 0 aliphatic rings. The average Bonchev–Trinajstić information content (AvgIpc) is 2.52. The van der Waals surface area contributed by atoms with Crippen LogP contribution in [-0.4, -0.2) is 25.2 Å². The van der Waals surface area contributed by atoms with Gasteiger partial charge in [-0.3, -0.25) is 4.98 Å². The molecule has 0 aromatic carbocycles. The Kier molecular flexibility index (Phi) is 1.99. The van der Waals surface area contributed by atoms with Gasteiger partial charge in [0.1, 0.15) is 5.69 Å². The lowest BCUT2D eigenvalue weighted by molar-refractivity contribution is 0.713. The van der Waals surface area contributed by atoms with E-state index < -0.39 is 0 Å². The van der Waals surface area contributed by atoms with E-state index in [1.165, 1.54) is 0 Å². The standard InChI is InChI=1S/C9H11N5/c1-6-4-7(2)8(10-5-6)9-11-12-13-14(9)3/h4-5H,1-3H3. The summed E-state index contributed by atoms with van der Waals surface area (Å²) in [7, 11) is 1.80. The zero-order chi connectivity index (χ0) is 10.1. The third-order valence-corrected chi connectivity index (χ3v) is 2.05. The first kappa shape index (κ1) is 8.80. The van der Waals surface area contributed by atoms with Crippen molar-refractivity contribution in [3.8, 4) is 11.5 Å². The second kappa shape index (κ2) is 3.17. The lowest BCUT2D eigenvalue weighted by atomic mass is 10.1. The van der Waals surface area contributed by atoms with Crippen molar-refractivity contribution >= 4 is 0 Å². The van der Waals surface area contributed by atoms with Gasteiger partial charge in [-0.25, -0.2) is 4.68 Å². The van der Waals surface area contributed by atoms with Crippen molar-refractivity contribution in [3.63, 3.8) is 0 Å². The van der Waals surface area contributed by atoms with Gasteiger partial charge in [0.05, 0.1) is 0 Å². The highest BCUT2D eigenvalue weighted by molar-refractivity contribution is 5.54. The van der Waals surface area contributed by atoms with Gasteiger partial charge in [-0.1, -0.05) is 6.07 Å². The van der Waals surface area contributed by atoms with Gasteiger partial charge in [0.2, 0.25) is 5.82 Å². The predicted molar refractivity (Wildman–Crippen MR) is 51.5 cm³/mol. The predicted octanol–water partition coefficient (Wildman–Crippen LogP) is 0.889. The summed E-state index contributed by atoms with van der Waals surface area (Å²) in [6.45, 7) is 4.02. The van der Waals surface area contributed by atoms with E-state index in [9.17, 15) is 0 Å². The van der Waals surface area contributed by atoms with Crippen LogP contribution in [0.3, 0.4) is 0 Å². The van der Waals surface area contributed by atoms with Crippen LogP contribution in [0.25, 0.3) is 11.5 Å². The Hall–Kier alpha value is -1.78. The van der Waals surface area contributed by atoms with E-state index in [1.807, 2.05) is 20.0 Å². The summed E-state index contributed by atoms with van der Waals surface area (Å²) >= 11 is 0. The first-order valence-corrected chi connectivity index (χ1v) is 4.34. The second-order valence-corrected chi connectivity index (χ2v) is 3.30. The van der Waals surface area contributed by atoms with Crippen LogP contribution < -0.4 is 0 Å². The van der Waals surface area contributed by atoms with Crippen LogP contribution >= 0.6 is 0 Å². The Balaban J connectivity index is 2.58. The van der Waals surface area contributed by atoms with Crippen molar-refractivity contribution in [2.75, 3.05) is 0 Å². The molecule has 0 saturated heterocycles. The largest absolute Gasteiger partial charge is 0.252 e. The Morgan fingerprint density at radius 3 is 2.64 bits per heavy atom. The quantitative estimate of drug-likeness (QED) is 0.668. The van der Waals surface area contributed by atoms with Crippen molar-refractivity contribution < 1.29 is 0 Å². The van der Waals surface area contributed by atoms with E-state index in [-0.39, 0.29) is 0 Å². The molecule has 5 nitrogen and oxygen atoms in total. The first-order valence-electron chi connectivity index (χ1n) is 4.34. The van der Waals surface area contributed by atoms with Gasteiger partial charge in [0.15, 0.2) is 0 Å². The minimum atomic E-state index is 0.697. The van der Waals surface area contributed by atoms with Crippen molar-refractivity contribution in [1.29, 1.82) is 0 Å². The molecule has 14 heavy (non-hydrogen) atoms. The third-order valence-electron chi connectivity index (χ3n) is 2.05. The molecule has 2 aromatic rings. The zero-order valence-electron chi connectivity index (χ0n) is 8.39. The normalized spacial score (nSPS) is 10.5. The van der Waals surface area contributed by atoms with Crippen LogP contribution in [0.2, 0.25) is 0 Å². The van der Waals surface area contributed by atoms with Gasteiger partial charge in [-0.05, 0) is 35.4 Å². The van der Waals surface area contributed by atoms with Crippen LogP contribution in [-0.2, 0) is 7.05 Å². The Bertz CT molecular complexity index is 460. The summed E-state index contributed by atoms with van der Waals surface area (Å²) in [5.74, 6) is 0.697. The molecule has 72 valence electrons. The van der Waals surface area contributed by atoms with E-state index in [1.54, 1.807) is 11.7 Å². The lowest BCUT2D eigenvalue weighted by Gasteiger charge is -2.02. The van der Waals surface area contributed by atoms with Crippen LogP contribution in [0.5, 0.6) is 0 Å². The molecule has 2 heterocycles. The number of pyridine rings is 1. The maximum absolute atomic E-state index is 4.32. The van der Waals surface area contributed by atoms with Gasteiger partial charge < -0.3 is 0 Å². The van der Waals surface area contributed by atoms with E-state index in [2.05, 4.69) is 26.6 Å². The molecule has 0 saturated carbocycles. The Morgan fingerprint density at radius 2 is 2.07 bits per heavy atom. The fourth-order valence-corrected chi connectivity index (χ4v) is 1.38. The number of hydrogen-bond donors (Lipinski definition) is 0. The summed E-state index contributed by atoms with van der Waals surface area (Å²) in [5, 5.41) is 11.3. The minimum absolute atomic E-state index is 0.697. The molecule has 0 unspecified atom stereocenters. The van der Waals surface area contributed by atoms with E-state index in [4.69, 9.17) is 0 Å². The molecule has 0 aliphatic heterocycles. The number of hydrogen-bond acceptors (Lipinski definition) is 4. The molecule has 0 N–H and O–H groups in total.